The van der Waals surface area contributed by atoms with Crippen molar-refractivity contribution in [2.24, 2.45) is 0 Å². The molecule has 3 heteroatoms. The zero-order valence-electron chi connectivity index (χ0n) is 16.1. The number of rotatable bonds is 3. The van der Waals surface area contributed by atoms with Crippen LogP contribution >= 0.6 is 0 Å². The van der Waals surface area contributed by atoms with Gasteiger partial charge in [0.15, 0.2) is 0 Å². The van der Waals surface area contributed by atoms with Gasteiger partial charge in [-0.15, -0.1) is 4.40 Å². The summed E-state index contributed by atoms with van der Waals surface area (Å²) in [5.41, 5.74) is 4.57. The predicted octanol–water partition coefficient (Wildman–Crippen LogP) is 5.58. The molecule has 0 saturated carbocycles. The second-order valence-electron chi connectivity index (χ2n) is 7.00. The average molecular weight is 378 g/mol. The molecule has 0 unspecified atom stereocenters. The van der Waals surface area contributed by atoms with Crippen LogP contribution in [0, 0.1) is 0 Å². The highest BCUT2D eigenvalue weighted by molar-refractivity contribution is 6.10. The molecule has 3 aromatic carbocycles. The van der Waals surface area contributed by atoms with E-state index in [0.717, 1.165) is 32.9 Å². The SMILES string of the molecule is CCOC(=O)c1cc(-c2ccccc2)cc2c3ccccc3c3ccccc3[n+]12. The van der Waals surface area contributed by atoms with Crippen LogP contribution in [0.25, 0.3) is 38.3 Å². The largest absolute Gasteiger partial charge is 0.458 e. The Morgan fingerprint density at radius 2 is 1.34 bits per heavy atom. The lowest BCUT2D eigenvalue weighted by molar-refractivity contribution is -0.484. The molecular formula is C26H20NO2+. The molecule has 0 radical (unpaired) electrons. The van der Waals surface area contributed by atoms with E-state index in [9.17, 15) is 4.79 Å². The topological polar surface area (TPSA) is 30.4 Å². The Labute approximate surface area is 168 Å². The van der Waals surface area contributed by atoms with Gasteiger partial charge in [-0.05, 0) is 30.2 Å². The van der Waals surface area contributed by atoms with Crippen LogP contribution in [0.5, 0.6) is 0 Å². The Balaban J connectivity index is 2.00. The maximum absolute atomic E-state index is 13.0. The first-order valence-corrected chi connectivity index (χ1v) is 9.79. The number of para-hydroxylation sites is 1. The van der Waals surface area contributed by atoms with Crippen molar-refractivity contribution < 1.29 is 13.9 Å². The number of aromatic nitrogens is 1. The number of benzene rings is 3. The number of pyridine rings is 2. The van der Waals surface area contributed by atoms with Crippen LogP contribution in [-0.4, -0.2) is 12.6 Å². The molecule has 29 heavy (non-hydrogen) atoms. The van der Waals surface area contributed by atoms with E-state index in [0.29, 0.717) is 12.3 Å². The van der Waals surface area contributed by atoms with Crippen LogP contribution in [0.3, 0.4) is 0 Å². The summed E-state index contributed by atoms with van der Waals surface area (Å²) in [6.07, 6.45) is 0. The van der Waals surface area contributed by atoms with E-state index in [1.54, 1.807) is 0 Å². The first-order chi connectivity index (χ1) is 14.3. The lowest BCUT2D eigenvalue weighted by Gasteiger charge is -2.09. The van der Waals surface area contributed by atoms with Crippen molar-refractivity contribution in [3.8, 4) is 11.1 Å². The highest BCUT2D eigenvalue weighted by Gasteiger charge is 2.26. The van der Waals surface area contributed by atoms with E-state index in [1.807, 2.05) is 53.8 Å². The molecule has 0 saturated heterocycles. The zero-order chi connectivity index (χ0) is 19.8. The van der Waals surface area contributed by atoms with Crippen molar-refractivity contribution in [3.63, 3.8) is 0 Å². The maximum Gasteiger partial charge on any atom is 0.404 e. The van der Waals surface area contributed by atoms with Crippen molar-refractivity contribution >= 4 is 33.2 Å². The van der Waals surface area contributed by atoms with Gasteiger partial charge < -0.3 is 4.74 Å². The van der Waals surface area contributed by atoms with E-state index >= 15 is 0 Å². The van der Waals surface area contributed by atoms with Gasteiger partial charge in [0.2, 0.25) is 11.0 Å². The molecule has 3 nitrogen and oxygen atoms in total. The fraction of sp³-hybridized carbons (Fsp3) is 0.0769. The number of fused-ring (bicyclic) bond motifs is 6. The molecule has 0 atom stereocenters. The quantitative estimate of drug-likeness (QED) is 0.233. The number of nitrogens with zero attached hydrogens (tertiary/aromatic N) is 1. The Bertz CT molecular complexity index is 1370. The van der Waals surface area contributed by atoms with Crippen LogP contribution in [0.4, 0.5) is 0 Å². The first-order valence-electron chi connectivity index (χ1n) is 9.79. The molecule has 0 spiro atoms. The van der Waals surface area contributed by atoms with Gasteiger partial charge in [-0.1, -0.05) is 60.7 Å². The fourth-order valence-electron chi connectivity index (χ4n) is 4.04. The number of esters is 1. The minimum Gasteiger partial charge on any atom is -0.458 e. The third kappa shape index (κ3) is 2.83. The van der Waals surface area contributed by atoms with Crippen molar-refractivity contribution in [3.05, 3.63) is 96.7 Å². The van der Waals surface area contributed by atoms with Gasteiger partial charge in [0.05, 0.1) is 17.4 Å². The summed E-state index contributed by atoms with van der Waals surface area (Å²) in [4.78, 5) is 13.0. The van der Waals surface area contributed by atoms with E-state index in [2.05, 4.69) is 48.5 Å². The van der Waals surface area contributed by atoms with Crippen molar-refractivity contribution in [1.82, 2.24) is 0 Å². The number of carbonyl (C=O) groups is 1. The molecule has 140 valence electrons. The van der Waals surface area contributed by atoms with Gasteiger partial charge in [-0.2, -0.15) is 0 Å². The summed E-state index contributed by atoms with van der Waals surface area (Å²) in [5, 5.41) is 3.39. The van der Waals surface area contributed by atoms with Gasteiger partial charge in [0, 0.05) is 23.6 Å². The van der Waals surface area contributed by atoms with E-state index < -0.39 is 0 Å². The van der Waals surface area contributed by atoms with Gasteiger partial charge >= 0.3 is 5.97 Å². The number of hydrogen-bond donors (Lipinski definition) is 0. The predicted molar refractivity (Wildman–Crippen MR) is 116 cm³/mol. The smallest absolute Gasteiger partial charge is 0.404 e. The molecule has 0 aliphatic rings. The lowest BCUT2D eigenvalue weighted by atomic mass is 10.00. The van der Waals surface area contributed by atoms with Crippen LogP contribution in [0.2, 0.25) is 0 Å². The Morgan fingerprint density at radius 1 is 0.724 bits per heavy atom. The molecule has 5 aromatic rings. The molecule has 2 aromatic heterocycles. The van der Waals surface area contributed by atoms with Crippen molar-refractivity contribution in [2.45, 2.75) is 6.92 Å². The standard InChI is InChI=1S/C26H20NO2/c1-2-29-26(28)25-17-19(18-10-4-3-5-11-18)16-24-22-14-7-6-12-20(22)21-13-8-9-15-23(21)27(24)25/h3-17H,2H2,1H3/q+1. The Hall–Kier alpha value is -3.72. The highest BCUT2D eigenvalue weighted by atomic mass is 16.5. The summed E-state index contributed by atoms with van der Waals surface area (Å²) < 4.78 is 7.46. The number of ether oxygens (including phenoxy) is 1. The maximum atomic E-state index is 13.0. The molecule has 0 fully saturated rings. The van der Waals surface area contributed by atoms with Gasteiger partial charge in [0.25, 0.3) is 5.69 Å². The van der Waals surface area contributed by atoms with Gasteiger partial charge in [-0.3, -0.25) is 0 Å². The monoisotopic (exact) mass is 378 g/mol. The second-order valence-corrected chi connectivity index (χ2v) is 7.00. The van der Waals surface area contributed by atoms with Gasteiger partial charge in [0.1, 0.15) is 0 Å². The second kappa shape index (κ2) is 7.02. The number of hydrogen-bond acceptors (Lipinski definition) is 2. The van der Waals surface area contributed by atoms with E-state index in [-0.39, 0.29) is 5.97 Å². The lowest BCUT2D eigenvalue weighted by Crippen LogP contribution is -2.33. The zero-order valence-corrected chi connectivity index (χ0v) is 16.1. The fourth-order valence-corrected chi connectivity index (χ4v) is 4.04. The molecule has 5 rings (SSSR count). The summed E-state index contributed by atoms with van der Waals surface area (Å²) in [5.74, 6) is -0.319. The normalized spacial score (nSPS) is 11.2. The van der Waals surface area contributed by atoms with Crippen molar-refractivity contribution in [2.75, 3.05) is 6.61 Å². The molecule has 0 amide bonds. The first kappa shape index (κ1) is 17.4. The highest BCUT2D eigenvalue weighted by Crippen LogP contribution is 2.29. The molecule has 0 aliphatic carbocycles. The molecular weight excluding hydrogens is 358 g/mol. The van der Waals surface area contributed by atoms with Crippen molar-refractivity contribution in [1.29, 1.82) is 0 Å². The average Bonchev–Trinajstić information content (AvgIpc) is 2.79. The minimum absolute atomic E-state index is 0.319. The Morgan fingerprint density at radius 3 is 2.07 bits per heavy atom. The molecule has 0 aliphatic heterocycles. The van der Waals surface area contributed by atoms with Crippen LogP contribution < -0.4 is 4.40 Å². The third-order valence-electron chi connectivity index (χ3n) is 5.30. The molecule has 2 heterocycles. The molecule has 0 bridgehead atoms. The van der Waals surface area contributed by atoms with E-state index in [1.165, 1.54) is 5.39 Å². The minimum atomic E-state index is -0.319. The third-order valence-corrected chi connectivity index (χ3v) is 5.30. The Kier molecular flexibility index (Phi) is 4.21. The van der Waals surface area contributed by atoms with E-state index in [4.69, 9.17) is 4.74 Å². The molecule has 0 N–H and O–H groups in total. The summed E-state index contributed by atoms with van der Waals surface area (Å²) in [6.45, 7) is 2.17. The number of carbonyl (C=O) groups excluding carboxylic acids is 1. The summed E-state index contributed by atoms with van der Waals surface area (Å²) in [6, 6.07) is 30.8. The van der Waals surface area contributed by atoms with Crippen LogP contribution in [0.1, 0.15) is 17.4 Å². The van der Waals surface area contributed by atoms with Crippen LogP contribution in [0.15, 0.2) is 91.0 Å². The summed E-state index contributed by atoms with van der Waals surface area (Å²) >= 11 is 0. The summed E-state index contributed by atoms with van der Waals surface area (Å²) in [7, 11) is 0. The van der Waals surface area contributed by atoms with Gasteiger partial charge in [-0.25, -0.2) is 4.79 Å². The van der Waals surface area contributed by atoms with Crippen LogP contribution in [-0.2, 0) is 4.74 Å².